The number of aliphatic hydroxyl groups excluding tert-OH is 1. The molecule has 28 heavy (non-hydrogen) atoms. The molecule has 6 heteroatoms. The van der Waals surface area contributed by atoms with Gasteiger partial charge in [0.1, 0.15) is 0 Å². The molecule has 4 rings (SSSR count). The zero-order valence-electron chi connectivity index (χ0n) is 16.9. The molecule has 0 unspecified atom stereocenters. The van der Waals surface area contributed by atoms with Crippen LogP contribution in [0.25, 0.3) is 0 Å². The van der Waals surface area contributed by atoms with Crippen LogP contribution in [0.3, 0.4) is 0 Å². The predicted octanol–water partition coefficient (Wildman–Crippen LogP) is 1.74. The summed E-state index contributed by atoms with van der Waals surface area (Å²) in [6, 6.07) is 4.78. The Morgan fingerprint density at radius 3 is 2.57 bits per heavy atom. The Morgan fingerprint density at radius 2 is 1.86 bits per heavy atom. The van der Waals surface area contributed by atoms with E-state index in [0.717, 1.165) is 71.5 Å². The lowest BCUT2D eigenvalue weighted by molar-refractivity contribution is -0.139. The van der Waals surface area contributed by atoms with Gasteiger partial charge in [-0.1, -0.05) is 6.07 Å². The molecule has 4 heterocycles. The van der Waals surface area contributed by atoms with Crippen molar-refractivity contribution in [3.63, 3.8) is 0 Å². The van der Waals surface area contributed by atoms with E-state index in [4.69, 9.17) is 0 Å². The summed E-state index contributed by atoms with van der Waals surface area (Å²) >= 11 is 0. The monoisotopic (exact) mass is 386 g/mol. The number of piperidine rings is 3. The van der Waals surface area contributed by atoms with Gasteiger partial charge in [-0.3, -0.25) is 19.6 Å². The molecule has 0 aliphatic carbocycles. The van der Waals surface area contributed by atoms with Crippen molar-refractivity contribution in [2.75, 3.05) is 39.3 Å². The summed E-state index contributed by atoms with van der Waals surface area (Å²) in [7, 11) is 0. The molecule has 0 aromatic carbocycles. The van der Waals surface area contributed by atoms with E-state index in [1.165, 1.54) is 18.4 Å². The standard InChI is InChI=1S/C22H34N4O2/c27-21-7-13-25(14-8-21)22(28)19-4-2-10-26(17-19)20-5-11-24(12-6-20)16-18-3-1-9-23-15-18/h1,3,9,15,19-21,27H,2,4-8,10-14,16-17H2/t19-/m0/s1. The van der Waals surface area contributed by atoms with Crippen molar-refractivity contribution in [2.24, 2.45) is 5.92 Å². The third-order valence-electron chi connectivity index (χ3n) is 6.78. The SMILES string of the molecule is O=C([C@H]1CCCN(C2CCN(Cc3cccnc3)CC2)C1)N1CCC(O)CC1. The highest BCUT2D eigenvalue weighted by Gasteiger charge is 2.34. The Balaban J connectivity index is 1.25. The van der Waals surface area contributed by atoms with E-state index in [1.807, 2.05) is 23.4 Å². The van der Waals surface area contributed by atoms with Gasteiger partial charge in [0.2, 0.25) is 5.91 Å². The molecule has 3 aliphatic heterocycles. The number of hydrogen-bond donors (Lipinski definition) is 1. The van der Waals surface area contributed by atoms with Crippen LogP contribution in [0.4, 0.5) is 0 Å². The topological polar surface area (TPSA) is 59.9 Å². The second kappa shape index (κ2) is 9.33. The van der Waals surface area contributed by atoms with Crippen LogP contribution in [0.2, 0.25) is 0 Å². The number of carbonyl (C=O) groups excluding carboxylic acids is 1. The van der Waals surface area contributed by atoms with Gasteiger partial charge in [0.15, 0.2) is 0 Å². The molecule has 1 aromatic heterocycles. The molecule has 1 aromatic rings. The fraction of sp³-hybridized carbons (Fsp3) is 0.727. The molecule has 0 saturated carbocycles. The fourth-order valence-electron chi connectivity index (χ4n) is 5.08. The van der Waals surface area contributed by atoms with E-state index < -0.39 is 0 Å². The predicted molar refractivity (Wildman–Crippen MR) is 109 cm³/mol. The van der Waals surface area contributed by atoms with Crippen LogP contribution in [0.1, 0.15) is 44.1 Å². The minimum atomic E-state index is -0.219. The first-order chi connectivity index (χ1) is 13.7. The van der Waals surface area contributed by atoms with Crippen molar-refractivity contribution in [2.45, 2.75) is 57.2 Å². The summed E-state index contributed by atoms with van der Waals surface area (Å²) in [6.45, 7) is 6.74. The normalized spacial score (nSPS) is 26.5. The average molecular weight is 387 g/mol. The number of amides is 1. The van der Waals surface area contributed by atoms with E-state index in [1.54, 1.807) is 0 Å². The van der Waals surface area contributed by atoms with Crippen LogP contribution in [-0.2, 0) is 11.3 Å². The van der Waals surface area contributed by atoms with Crippen molar-refractivity contribution >= 4 is 5.91 Å². The molecule has 6 nitrogen and oxygen atoms in total. The highest BCUT2D eigenvalue weighted by molar-refractivity contribution is 5.79. The zero-order chi connectivity index (χ0) is 19.3. The number of pyridine rings is 1. The number of carbonyl (C=O) groups is 1. The molecular weight excluding hydrogens is 352 g/mol. The van der Waals surface area contributed by atoms with Gasteiger partial charge in [-0.25, -0.2) is 0 Å². The molecular formula is C22H34N4O2. The molecule has 3 fully saturated rings. The van der Waals surface area contributed by atoms with Crippen molar-refractivity contribution in [1.29, 1.82) is 0 Å². The molecule has 3 aliphatic rings. The van der Waals surface area contributed by atoms with Crippen LogP contribution in [-0.4, -0.2) is 82.1 Å². The molecule has 1 amide bonds. The maximum Gasteiger partial charge on any atom is 0.226 e. The second-order valence-electron chi connectivity index (χ2n) is 8.76. The van der Waals surface area contributed by atoms with Crippen molar-refractivity contribution in [1.82, 2.24) is 19.7 Å². The lowest BCUT2D eigenvalue weighted by Gasteiger charge is -2.43. The first kappa shape index (κ1) is 19.8. The summed E-state index contributed by atoms with van der Waals surface area (Å²) < 4.78 is 0. The summed E-state index contributed by atoms with van der Waals surface area (Å²) in [5, 5.41) is 9.69. The zero-order valence-corrected chi connectivity index (χ0v) is 16.9. The van der Waals surface area contributed by atoms with Gasteiger partial charge < -0.3 is 10.0 Å². The quantitative estimate of drug-likeness (QED) is 0.854. The number of nitrogens with zero attached hydrogens (tertiary/aromatic N) is 4. The van der Waals surface area contributed by atoms with E-state index in [2.05, 4.69) is 20.9 Å². The lowest BCUT2D eigenvalue weighted by atomic mass is 9.92. The van der Waals surface area contributed by atoms with E-state index in [9.17, 15) is 9.90 Å². The van der Waals surface area contributed by atoms with Crippen molar-refractivity contribution < 1.29 is 9.90 Å². The van der Waals surface area contributed by atoms with E-state index in [-0.39, 0.29) is 12.0 Å². The molecule has 0 radical (unpaired) electrons. The number of aliphatic hydroxyl groups is 1. The summed E-state index contributed by atoms with van der Waals surface area (Å²) in [6.07, 6.45) is 9.58. The fourth-order valence-corrected chi connectivity index (χ4v) is 5.08. The van der Waals surface area contributed by atoms with Gasteiger partial charge in [-0.15, -0.1) is 0 Å². The number of likely N-dealkylation sites (tertiary alicyclic amines) is 3. The largest absolute Gasteiger partial charge is 0.393 e. The van der Waals surface area contributed by atoms with Crippen LogP contribution in [0.5, 0.6) is 0 Å². The molecule has 1 atom stereocenters. The Labute approximate surface area is 168 Å². The van der Waals surface area contributed by atoms with Gasteiger partial charge in [0.25, 0.3) is 0 Å². The smallest absolute Gasteiger partial charge is 0.226 e. The van der Waals surface area contributed by atoms with E-state index in [0.29, 0.717) is 11.9 Å². The number of rotatable bonds is 4. The molecule has 3 saturated heterocycles. The lowest BCUT2D eigenvalue weighted by Crippen LogP contribution is -2.52. The number of hydrogen-bond acceptors (Lipinski definition) is 5. The van der Waals surface area contributed by atoms with Gasteiger partial charge in [-0.2, -0.15) is 0 Å². The van der Waals surface area contributed by atoms with Crippen molar-refractivity contribution in [3.8, 4) is 0 Å². The minimum Gasteiger partial charge on any atom is -0.393 e. The third kappa shape index (κ3) is 4.91. The van der Waals surface area contributed by atoms with Crippen LogP contribution in [0.15, 0.2) is 24.5 Å². The maximum absolute atomic E-state index is 12.9. The highest BCUT2D eigenvalue weighted by Crippen LogP contribution is 2.26. The Bertz CT molecular complexity index is 625. The maximum atomic E-state index is 12.9. The third-order valence-corrected chi connectivity index (χ3v) is 6.78. The molecule has 0 spiro atoms. The van der Waals surface area contributed by atoms with E-state index >= 15 is 0 Å². The Kier molecular flexibility index (Phi) is 6.60. The van der Waals surface area contributed by atoms with Crippen LogP contribution >= 0.6 is 0 Å². The Morgan fingerprint density at radius 1 is 1.07 bits per heavy atom. The van der Waals surface area contributed by atoms with Crippen LogP contribution in [0, 0.1) is 5.92 Å². The Hall–Kier alpha value is -1.50. The van der Waals surface area contributed by atoms with Gasteiger partial charge in [0, 0.05) is 44.6 Å². The van der Waals surface area contributed by atoms with Gasteiger partial charge in [-0.05, 0) is 69.8 Å². The minimum absolute atomic E-state index is 0.150. The van der Waals surface area contributed by atoms with Gasteiger partial charge >= 0.3 is 0 Å². The molecule has 1 N–H and O–H groups in total. The second-order valence-corrected chi connectivity index (χ2v) is 8.76. The average Bonchev–Trinajstić information content (AvgIpc) is 2.75. The first-order valence-electron chi connectivity index (χ1n) is 11.0. The van der Waals surface area contributed by atoms with Crippen molar-refractivity contribution in [3.05, 3.63) is 30.1 Å². The summed E-state index contributed by atoms with van der Waals surface area (Å²) in [4.78, 5) is 24.3. The highest BCUT2D eigenvalue weighted by atomic mass is 16.3. The summed E-state index contributed by atoms with van der Waals surface area (Å²) in [5.41, 5.74) is 1.29. The molecule has 154 valence electrons. The summed E-state index contributed by atoms with van der Waals surface area (Å²) in [5.74, 6) is 0.475. The number of aromatic nitrogens is 1. The first-order valence-corrected chi connectivity index (χ1v) is 11.0. The molecule has 0 bridgehead atoms. The van der Waals surface area contributed by atoms with Gasteiger partial charge in [0.05, 0.1) is 12.0 Å². The van der Waals surface area contributed by atoms with Crippen LogP contribution < -0.4 is 0 Å².